The van der Waals surface area contributed by atoms with Crippen molar-refractivity contribution in [2.75, 3.05) is 13.1 Å². The lowest BCUT2D eigenvalue weighted by Gasteiger charge is -2.41. The van der Waals surface area contributed by atoms with E-state index < -0.39 is 11.4 Å². The Morgan fingerprint density at radius 3 is 2.58 bits per heavy atom. The lowest BCUT2D eigenvalue weighted by Crippen LogP contribution is -2.46. The zero-order chi connectivity index (χ0) is 21.5. The first-order valence-corrected chi connectivity index (χ1v) is 11.7. The minimum Gasteiger partial charge on any atom is -0.489 e. The molecular formula is C24H25BrFN3O2. The van der Waals surface area contributed by atoms with E-state index in [-0.39, 0.29) is 11.5 Å². The number of hydrogen-bond donors (Lipinski definition) is 0. The van der Waals surface area contributed by atoms with Gasteiger partial charge in [-0.1, -0.05) is 12.5 Å². The fourth-order valence-electron chi connectivity index (χ4n) is 4.62. The molecule has 2 aliphatic rings. The molecule has 0 atom stereocenters. The van der Waals surface area contributed by atoms with Gasteiger partial charge in [0, 0.05) is 19.1 Å². The number of ether oxygens (including phenoxy) is 1. The summed E-state index contributed by atoms with van der Waals surface area (Å²) in [7, 11) is 0. The van der Waals surface area contributed by atoms with E-state index in [1.54, 1.807) is 19.1 Å². The molecule has 162 valence electrons. The molecule has 2 heterocycles. The summed E-state index contributed by atoms with van der Waals surface area (Å²) in [6.07, 6.45) is 6.28. The van der Waals surface area contributed by atoms with Gasteiger partial charge >= 0.3 is 0 Å². The molecule has 2 fully saturated rings. The summed E-state index contributed by atoms with van der Waals surface area (Å²) in [5.74, 6) is 0.708. The highest BCUT2D eigenvalue weighted by atomic mass is 79.9. The third-order valence-electron chi connectivity index (χ3n) is 6.55. The molecule has 5 nitrogen and oxygen atoms in total. The Hall–Kier alpha value is -2.25. The van der Waals surface area contributed by atoms with Gasteiger partial charge in [0.05, 0.1) is 15.7 Å². The standard InChI is InChI=1S/C24H25BrFN3O2/c1-15-27-21-7-3-6-20(26)23(21)24(30)29(15)17-8-9-22(19(25)14-17)31-18-10-12-28(13-11-18)16-4-2-5-16/h3,6-9,14,16,18H,2,4-5,10-13H2,1H3. The number of halogens is 2. The van der Waals surface area contributed by atoms with Crippen LogP contribution in [0.4, 0.5) is 4.39 Å². The monoisotopic (exact) mass is 485 g/mol. The van der Waals surface area contributed by atoms with Crippen molar-refractivity contribution in [2.45, 2.75) is 51.2 Å². The molecule has 0 N–H and O–H groups in total. The largest absolute Gasteiger partial charge is 0.489 e. The van der Waals surface area contributed by atoms with E-state index in [4.69, 9.17) is 4.74 Å². The van der Waals surface area contributed by atoms with Crippen molar-refractivity contribution in [3.05, 3.63) is 62.9 Å². The van der Waals surface area contributed by atoms with Crippen molar-refractivity contribution in [3.8, 4) is 11.4 Å². The van der Waals surface area contributed by atoms with Gasteiger partial charge in [-0.05, 0) is 78.9 Å². The van der Waals surface area contributed by atoms with Crippen LogP contribution in [0.25, 0.3) is 16.6 Å². The Morgan fingerprint density at radius 1 is 1.13 bits per heavy atom. The third kappa shape index (κ3) is 3.89. The van der Waals surface area contributed by atoms with Crippen LogP contribution in [-0.2, 0) is 0 Å². The fraction of sp³-hybridized carbons (Fsp3) is 0.417. The first kappa shape index (κ1) is 20.6. The molecule has 0 unspecified atom stereocenters. The van der Waals surface area contributed by atoms with Crippen LogP contribution in [0.1, 0.15) is 37.9 Å². The average molecular weight is 486 g/mol. The first-order chi connectivity index (χ1) is 15.0. The molecule has 1 aliphatic carbocycles. The maximum absolute atomic E-state index is 14.3. The number of hydrogen-bond acceptors (Lipinski definition) is 4. The van der Waals surface area contributed by atoms with Gasteiger partial charge < -0.3 is 9.64 Å². The van der Waals surface area contributed by atoms with Crippen LogP contribution >= 0.6 is 15.9 Å². The molecule has 1 saturated carbocycles. The molecular weight excluding hydrogens is 461 g/mol. The molecule has 7 heteroatoms. The molecule has 5 rings (SSSR count). The Labute approximate surface area is 189 Å². The van der Waals surface area contributed by atoms with Crippen molar-refractivity contribution in [1.82, 2.24) is 14.5 Å². The zero-order valence-corrected chi connectivity index (χ0v) is 19.1. The van der Waals surface area contributed by atoms with E-state index in [0.29, 0.717) is 17.0 Å². The molecule has 1 aliphatic heterocycles. The summed E-state index contributed by atoms with van der Waals surface area (Å²) < 4.78 is 22.8. The van der Waals surface area contributed by atoms with Crippen molar-refractivity contribution in [2.24, 2.45) is 0 Å². The van der Waals surface area contributed by atoms with E-state index in [0.717, 1.165) is 42.2 Å². The van der Waals surface area contributed by atoms with Gasteiger partial charge in [-0.3, -0.25) is 9.36 Å². The number of piperidine rings is 1. The Kier molecular flexibility index (Phi) is 5.56. The number of aromatic nitrogens is 2. The summed E-state index contributed by atoms with van der Waals surface area (Å²) in [5.41, 5.74) is 0.578. The Morgan fingerprint density at radius 2 is 1.90 bits per heavy atom. The third-order valence-corrected chi connectivity index (χ3v) is 7.17. The number of nitrogens with zero attached hydrogens (tertiary/aromatic N) is 3. The second kappa shape index (κ2) is 8.36. The van der Waals surface area contributed by atoms with Crippen LogP contribution in [0.5, 0.6) is 5.75 Å². The van der Waals surface area contributed by atoms with Crippen molar-refractivity contribution in [3.63, 3.8) is 0 Å². The van der Waals surface area contributed by atoms with E-state index >= 15 is 0 Å². The van der Waals surface area contributed by atoms with Gasteiger partial charge in [-0.25, -0.2) is 9.37 Å². The van der Waals surface area contributed by atoms with E-state index in [1.807, 2.05) is 18.2 Å². The predicted octanol–water partition coefficient (Wildman–Crippen LogP) is 4.99. The fourth-order valence-corrected chi connectivity index (χ4v) is 5.08. The lowest BCUT2D eigenvalue weighted by atomic mass is 9.90. The van der Waals surface area contributed by atoms with Crippen LogP contribution in [-0.4, -0.2) is 39.7 Å². The maximum atomic E-state index is 14.3. The van der Waals surface area contributed by atoms with Crippen LogP contribution in [0.2, 0.25) is 0 Å². The summed E-state index contributed by atoms with van der Waals surface area (Å²) >= 11 is 3.59. The SMILES string of the molecule is Cc1nc2cccc(F)c2c(=O)n1-c1ccc(OC2CCN(C3CCC3)CC2)c(Br)c1. The van der Waals surface area contributed by atoms with E-state index in [1.165, 1.54) is 29.9 Å². The molecule has 1 saturated heterocycles. The van der Waals surface area contributed by atoms with Gasteiger partial charge in [0.1, 0.15) is 28.9 Å². The normalized spacial score (nSPS) is 18.3. The van der Waals surface area contributed by atoms with Crippen molar-refractivity contribution in [1.29, 1.82) is 0 Å². The maximum Gasteiger partial charge on any atom is 0.268 e. The highest BCUT2D eigenvalue weighted by Gasteiger charge is 2.29. The van der Waals surface area contributed by atoms with Crippen LogP contribution in [0, 0.1) is 12.7 Å². The first-order valence-electron chi connectivity index (χ1n) is 10.9. The zero-order valence-electron chi connectivity index (χ0n) is 17.5. The second-order valence-corrected chi connectivity index (χ2v) is 9.34. The molecule has 1 aromatic heterocycles. The van der Waals surface area contributed by atoms with Crippen molar-refractivity contribution >= 4 is 26.8 Å². The van der Waals surface area contributed by atoms with Gasteiger partial charge in [0.15, 0.2) is 0 Å². The minimum absolute atomic E-state index is 0.00257. The van der Waals surface area contributed by atoms with Gasteiger partial charge in [-0.2, -0.15) is 0 Å². The smallest absolute Gasteiger partial charge is 0.268 e. The van der Waals surface area contributed by atoms with Gasteiger partial charge in [-0.15, -0.1) is 0 Å². The van der Waals surface area contributed by atoms with E-state index in [2.05, 4.69) is 25.8 Å². The highest BCUT2D eigenvalue weighted by molar-refractivity contribution is 9.10. The summed E-state index contributed by atoms with van der Waals surface area (Å²) in [5, 5.41) is 0.00257. The van der Waals surface area contributed by atoms with E-state index in [9.17, 15) is 9.18 Å². The number of aryl methyl sites for hydroxylation is 1. The summed E-state index contributed by atoms with van der Waals surface area (Å²) in [6, 6.07) is 10.8. The highest BCUT2D eigenvalue weighted by Crippen LogP contribution is 2.32. The quantitative estimate of drug-likeness (QED) is 0.522. The van der Waals surface area contributed by atoms with Crippen LogP contribution in [0.15, 0.2) is 45.7 Å². The second-order valence-electron chi connectivity index (χ2n) is 8.49. The summed E-state index contributed by atoms with van der Waals surface area (Å²) in [4.78, 5) is 20.1. The van der Waals surface area contributed by atoms with Crippen molar-refractivity contribution < 1.29 is 9.13 Å². The Bertz CT molecular complexity index is 1180. The number of benzene rings is 2. The summed E-state index contributed by atoms with van der Waals surface area (Å²) in [6.45, 7) is 3.93. The lowest BCUT2D eigenvalue weighted by molar-refractivity contribution is 0.0490. The molecule has 2 aromatic carbocycles. The number of likely N-dealkylation sites (tertiary alicyclic amines) is 1. The van der Waals surface area contributed by atoms with Gasteiger partial charge in [0.2, 0.25) is 0 Å². The molecule has 0 amide bonds. The minimum atomic E-state index is -0.559. The number of fused-ring (bicyclic) bond motifs is 1. The molecule has 0 spiro atoms. The molecule has 31 heavy (non-hydrogen) atoms. The topological polar surface area (TPSA) is 47.4 Å². The molecule has 3 aromatic rings. The Balaban J connectivity index is 1.38. The van der Waals surface area contributed by atoms with Crippen LogP contribution < -0.4 is 10.3 Å². The average Bonchev–Trinajstić information content (AvgIpc) is 2.70. The predicted molar refractivity (Wildman–Crippen MR) is 123 cm³/mol. The molecule has 0 radical (unpaired) electrons. The van der Waals surface area contributed by atoms with Gasteiger partial charge in [0.25, 0.3) is 5.56 Å². The number of rotatable bonds is 4. The van der Waals surface area contributed by atoms with Crippen LogP contribution in [0.3, 0.4) is 0 Å². The molecule has 0 bridgehead atoms.